The summed E-state index contributed by atoms with van der Waals surface area (Å²) in [6.07, 6.45) is 2.45. The van der Waals surface area contributed by atoms with Crippen LogP contribution in [0.4, 0.5) is 5.69 Å². The molecule has 1 saturated heterocycles. The van der Waals surface area contributed by atoms with E-state index in [1.54, 1.807) is 12.1 Å². The van der Waals surface area contributed by atoms with E-state index in [0.717, 1.165) is 30.6 Å². The van der Waals surface area contributed by atoms with Crippen LogP contribution in [0.15, 0.2) is 18.2 Å². The SMILES string of the molecule is CC1NCCCC1NC(=O)c1ccc2c(c1)CC(=O)N2. The molecule has 0 saturated carbocycles. The van der Waals surface area contributed by atoms with Crippen molar-refractivity contribution >= 4 is 17.5 Å². The minimum atomic E-state index is -0.0623. The molecular formula is C15H19N3O2. The van der Waals surface area contributed by atoms with Gasteiger partial charge in [-0.05, 0) is 50.1 Å². The Bertz CT molecular complexity index is 556. The molecule has 1 aromatic rings. The number of nitrogens with one attached hydrogen (secondary N) is 3. The van der Waals surface area contributed by atoms with E-state index in [1.165, 1.54) is 0 Å². The van der Waals surface area contributed by atoms with Crippen molar-refractivity contribution < 1.29 is 9.59 Å². The minimum Gasteiger partial charge on any atom is -0.348 e. The molecule has 3 N–H and O–H groups in total. The van der Waals surface area contributed by atoms with Crippen LogP contribution < -0.4 is 16.0 Å². The molecule has 0 bridgehead atoms. The van der Waals surface area contributed by atoms with Gasteiger partial charge in [0.1, 0.15) is 0 Å². The molecule has 0 aromatic heterocycles. The van der Waals surface area contributed by atoms with E-state index in [2.05, 4.69) is 22.9 Å². The lowest BCUT2D eigenvalue weighted by molar-refractivity contribution is -0.115. The lowest BCUT2D eigenvalue weighted by Gasteiger charge is -2.30. The molecule has 2 aliphatic heterocycles. The summed E-state index contributed by atoms with van der Waals surface area (Å²) in [4.78, 5) is 23.6. The highest BCUT2D eigenvalue weighted by Crippen LogP contribution is 2.24. The summed E-state index contributed by atoms with van der Waals surface area (Å²) in [7, 11) is 0. The molecule has 5 heteroatoms. The van der Waals surface area contributed by atoms with E-state index in [9.17, 15) is 9.59 Å². The van der Waals surface area contributed by atoms with Crippen molar-refractivity contribution in [2.24, 2.45) is 0 Å². The normalized spacial score (nSPS) is 24.9. The second-order valence-electron chi connectivity index (χ2n) is 5.56. The highest BCUT2D eigenvalue weighted by Gasteiger charge is 2.24. The first kappa shape index (κ1) is 13.1. The predicted molar refractivity (Wildman–Crippen MR) is 76.7 cm³/mol. The van der Waals surface area contributed by atoms with Gasteiger partial charge in [-0.1, -0.05) is 0 Å². The van der Waals surface area contributed by atoms with Crippen LogP contribution in [0.3, 0.4) is 0 Å². The Labute approximate surface area is 118 Å². The largest absolute Gasteiger partial charge is 0.348 e. The topological polar surface area (TPSA) is 70.2 Å². The van der Waals surface area contributed by atoms with Gasteiger partial charge in [0.2, 0.25) is 5.91 Å². The van der Waals surface area contributed by atoms with Crippen LogP contribution in [0.2, 0.25) is 0 Å². The van der Waals surface area contributed by atoms with E-state index in [-0.39, 0.29) is 17.9 Å². The highest BCUT2D eigenvalue weighted by atomic mass is 16.2. The smallest absolute Gasteiger partial charge is 0.251 e. The molecule has 106 valence electrons. The second kappa shape index (κ2) is 5.25. The third-order valence-corrected chi connectivity index (χ3v) is 4.07. The zero-order valence-corrected chi connectivity index (χ0v) is 11.5. The number of rotatable bonds is 2. The second-order valence-corrected chi connectivity index (χ2v) is 5.56. The van der Waals surface area contributed by atoms with Crippen molar-refractivity contribution in [3.8, 4) is 0 Å². The van der Waals surface area contributed by atoms with Crippen LogP contribution in [0.25, 0.3) is 0 Å². The number of carbonyl (C=O) groups is 2. The lowest BCUT2D eigenvalue weighted by Crippen LogP contribution is -2.51. The maximum atomic E-state index is 12.3. The van der Waals surface area contributed by atoms with Gasteiger partial charge in [-0.25, -0.2) is 0 Å². The molecular weight excluding hydrogens is 254 g/mol. The first-order chi connectivity index (χ1) is 9.63. The summed E-state index contributed by atoms with van der Waals surface area (Å²) < 4.78 is 0. The zero-order valence-electron chi connectivity index (χ0n) is 11.5. The van der Waals surface area contributed by atoms with Gasteiger partial charge in [0.15, 0.2) is 0 Å². The highest BCUT2D eigenvalue weighted by molar-refractivity contribution is 6.01. The molecule has 2 atom stereocenters. The van der Waals surface area contributed by atoms with Gasteiger partial charge in [-0.2, -0.15) is 0 Å². The third kappa shape index (κ3) is 2.54. The van der Waals surface area contributed by atoms with Crippen molar-refractivity contribution in [3.63, 3.8) is 0 Å². The van der Waals surface area contributed by atoms with Crippen molar-refractivity contribution in [3.05, 3.63) is 29.3 Å². The molecule has 2 aliphatic rings. The summed E-state index contributed by atoms with van der Waals surface area (Å²) in [6.45, 7) is 3.11. The standard InChI is InChI=1S/C15H19N3O2/c1-9-12(3-2-6-16-9)18-15(20)10-4-5-13-11(7-10)8-14(19)17-13/h4-5,7,9,12,16H,2-3,6,8H2,1H3,(H,17,19)(H,18,20). The Hall–Kier alpha value is -1.88. The van der Waals surface area contributed by atoms with E-state index in [4.69, 9.17) is 0 Å². The molecule has 0 spiro atoms. The van der Waals surface area contributed by atoms with Gasteiger partial charge in [0.25, 0.3) is 5.91 Å². The monoisotopic (exact) mass is 273 g/mol. The predicted octanol–water partition coefficient (Wildman–Crippen LogP) is 1.05. The molecule has 0 radical (unpaired) electrons. The molecule has 2 amide bonds. The molecule has 5 nitrogen and oxygen atoms in total. The fourth-order valence-corrected chi connectivity index (χ4v) is 2.86. The van der Waals surface area contributed by atoms with Crippen molar-refractivity contribution in [2.45, 2.75) is 38.3 Å². The van der Waals surface area contributed by atoms with E-state index in [0.29, 0.717) is 18.0 Å². The Morgan fingerprint density at radius 1 is 1.40 bits per heavy atom. The third-order valence-electron chi connectivity index (χ3n) is 4.07. The molecule has 3 rings (SSSR count). The molecule has 1 aromatic carbocycles. The number of hydrogen-bond acceptors (Lipinski definition) is 3. The summed E-state index contributed by atoms with van der Waals surface area (Å²) in [5.74, 6) is -0.0737. The number of benzene rings is 1. The van der Waals surface area contributed by atoms with Crippen LogP contribution in [0.5, 0.6) is 0 Å². The van der Waals surface area contributed by atoms with Gasteiger partial charge >= 0.3 is 0 Å². The average molecular weight is 273 g/mol. The van der Waals surface area contributed by atoms with Crippen LogP contribution >= 0.6 is 0 Å². The van der Waals surface area contributed by atoms with Crippen LogP contribution in [-0.2, 0) is 11.2 Å². The van der Waals surface area contributed by atoms with E-state index in [1.807, 2.05) is 6.07 Å². The molecule has 1 fully saturated rings. The number of piperidine rings is 1. The Morgan fingerprint density at radius 3 is 3.05 bits per heavy atom. The van der Waals surface area contributed by atoms with Gasteiger partial charge < -0.3 is 16.0 Å². The number of fused-ring (bicyclic) bond motifs is 1. The summed E-state index contributed by atoms with van der Waals surface area (Å²) in [5.41, 5.74) is 2.34. The van der Waals surface area contributed by atoms with Crippen LogP contribution in [-0.4, -0.2) is 30.4 Å². The van der Waals surface area contributed by atoms with E-state index >= 15 is 0 Å². The lowest BCUT2D eigenvalue weighted by atomic mass is 9.99. The maximum absolute atomic E-state index is 12.3. The van der Waals surface area contributed by atoms with Gasteiger partial charge in [0.05, 0.1) is 6.42 Å². The first-order valence-electron chi connectivity index (χ1n) is 7.10. The maximum Gasteiger partial charge on any atom is 0.251 e. The van der Waals surface area contributed by atoms with Gasteiger partial charge in [-0.3, -0.25) is 9.59 Å². The zero-order chi connectivity index (χ0) is 14.1. The fourth-order valence-electron chi connectivity index (χ4n) is 2.86. The van der Waals surface area contributed by atoms with E-state index < -0.39 is 0 Å². The summed E-state index contributed by atoms with van der Waals surface area (Å²) >= 11 is 0. The van der Waals surface area contributed by atoms with Crippen LogP contribution in [0, 0.1) is 0 Å². The minimum absolute atomic E-state index is 0.0114. The number of hydrogen-bond donors (Lipinski definition) is 3. The molecule has 20 heavy (non-hydrogen) atoms. The van der Waals surface area contributed by atoms with Crippen molar-refractivity contribution in [1.82, 2.24) is 10.6 Å². The summed E-state index contributed by atoms with van der Waals surface area (Å²) in [6, 6.07) is 5.84. The van der Waals surface area contributed by atoms with Gasteiger partial charge in [0, 0.05) is 23.3 Å². The van der Waals surface area contributed by atoms with Crippen molar-refractivity contribution in [1.29, 1.82) is 0 Å². The first-order valence-corrected chi connectivity index (χ1v) is 7.10. The molecule has 0 aliphatic carbocycles. The Balaban J connectivity index is 1.71. The molecule has 2 heterocycles. The number of carbonyl (C=O) groups excluding carboxylic acids is 2. The Morgan fingerprint density at radius 2 is 2.25 bits per heavy atom. The quantitative estimate of drug-likeness (QED) is 0.754. The molecule has 2 unspecified atom stereocenters. The van der Waals surface area contributed by atoms with Gasteiger partial charge in [-0.15, -0.1) is 0 Å². The number of amides is 2. The fraction of sp³-hybridized carbons (Fsp3) is 0.467. The van der Waals surface area contributed by atoms with Crippen molar-refractivity contribution in [2.75, 3.05) is 11.9 Å². The van der Waals surface area contributed by atoms with Crippen LogP contribution in [0.1, 0.15) is 35.7 Å². The summed E-state index contributed by atoms with van der Waals surface area (Å²) in [5, 5.41) is 9.22. The number of anilines is 1. The average Bonchev–Trinajstić information content (AvgIpc) is 2.80. The Kier molecular flexibility index (Phi) is 3.44.